The molecule has 1 fully saturated rings. The molecule has 15 heavy (non-hydrogen) atoms. The van der Waals surface area contributed by atoms with Crippen molar-refractivity contribution in [1.29, 1.82) is 0 Å². The highest BCUT2D eigenvalue weighted by molar-refractivity contribution is 5.94. The van der Waals surface area contributed by atoms with Crippen molar-refractivity contribution in [3.63, 3.8) is 0 Å². The number of carbonyl (C=O) groups excluding carboxylic acids is 1. The lowest BCUT2D eigenvalue weighted by atomic mass is 10.2. The molecule has 0 aromatic heterocycles. The van der Waals surface area contributed by atoms with Crippen LogP contribution in [0.15, 0.2) is 24.3 Å². The fourth-order valence-corrected chi connectivity index (χ4v) is 1.66. The van der Waals surface area contributed by atoms with Crippen molar-refractivity contribution in [2.24, 2.45) is 0 Å². The topological polar surface area (TPSA) is 61.4 Å². The van der Waals surface area contributed by atoms with Crippen LogP contribution in [-0.2, 0) is 0 Å². The third-order valence-corrected chi connectivity index (χ3v) is 2.53. The monoisotopic (exact) mass is 206 g/mol. The molecule has 3 N–H and O–H groups in total. The third kappa shape index (κ3) is 2.47. The van der Waals surface area contributed by atoms with Gasteiger partial charge in [-0.15, -0.1) is 0 Å². The summed E-state index contributed by atoms with van der Waals surface area (Å²) >= 11 is 0. The molecule has 1 saturated heterocycles. The number of phenols is 1. The van der Waals surface area contributed by atoms with Gasteiger partial charge in [0.05, 0.1) is 0 Å². The molecule has 4 nitrogen and oxygen atoms in total. The van der Waals surface area contributed by atoms with E-state index in [2.05, 4.69) is 10.6 Å². The molecule has 1 aromatic carbocycles. The van der Waals surface area contributed by atoms with Gasteiger partial charge in [-0.1, -0.05) is 0 Å². The van der Waals surface area contributed by atoms with Gasteiger partial charge in [-0.05, 0) is 37.2 Å². The van der Waals surface area contributed by atoms with E-state index in [0.717, 1.165) is 19.5 Å². The van der Waals surface area contributed by atoms with Crippen molar-refractivity contribution in [3.05, 3.63) is 29.8 Å². The summed E-state index contributed by atoms with van der Waals surface area (Å²) in [5.41, 5.74) is 0.583. The van der Waals surface area contributed by atoms with Crippen LogP contribution in [0.3, 0.4) is 0 Å². The first-order valence-corrected chi connectivity index (χ1v) is 5.06. The predicted octanol–water partition coefficient (Wildman–Crippen LogP) is 0.484. The van der Waals surface area contributed by atoms with Gasteiger partial charge < -0.3 is 15.7 Å². The highest BCUT2D eigenvalue weighted by Crippen LogP contribution is 2.10. The molecule has 80 valence electrons. The molecule has 1 aromatic rings. The summed E-state index contributed by atoms with van der Waals surface area (Å²) in [6.45, 7) is 1.80. The van der Waals surface area contributed by atoms with Crippen molar-refractivity contribution in [2.45, 2.75) is 12.5 Å². The highest BCUT2D eigenvalue weighted by atomic mass is 16.3. The quantitative estimate of drug-likeness (QED) is 0.659. The predicted molar refractivity (Wildman–Crippen MR) is 56.8 cm³/mol. The Bertz CT molecular complexity index is 342. The number of phenolic OH excluding ortho intramolecular Hbond substituents is 1. The number of aromatic hydroxyl groups is 1. The molecule has 1 amide bonds. The van der Waals surface area contributed by atoms with Crippen LogP contribution in [0.25, 0.3) is 0 Å². The van der Waals surface area contributed by atoms with Gasteiger partial charge in [0.25, 0.3) is 5.91 Å². The summed E-state index contributed by atoms with van der Waals surface area (Å²) in [7, 11) is 0. The molecule has 0 aliphatic carbocycles. The van der Waals surface area contributed by atoms with Crippen LogP contribution in [0.4, 0.5) is 0 Å². The van der Waals surface area contributed by atoms with Crippen molar-refractivity contribution in [1.82, 2.24) is 10.6 Å². The van der Waals surface area contributed by atoms with Crippen LogP contribution in [0.5, 0.6) is 5.75 Å². The van der Waals surface area contributed by atoms with Gasteiger partial charge in [0.15, 0.2) is 0 Å². The molecule has 4 heteroatoms. The summed E-state index contributed by atoms with van der Waals surface area (Å²) in [5.74, 6) is 0.0952. The number of hydrogen-bond donors (Lipinski definition) is 3. The number of benzene rings is 1. The molecule has 0 saturated carbocycles. The van der Waals surface area contributed by atoms with Gasteiger partial charge in [-0.3, -0.25) is 4.79 Å². The average molecular weight is 206 g/mol. The zero-order chi connectivity index (χ0) is 10.7. The summed E-state index contributed by atoms with van der Waals surface area (Å²) in [4.78, 5) is 11.7. The van der Waals surface area contributed by atoms with Crippen molar-refractivity contribution >= 4 is 5.91 Å². The van der Waals surface area contributed by atoms with Gasteiger partial charge in [-0.25, -0.2) is 0 Å². The third-order valence-electron chi connectivity index (χ3n) is 2.53. The Kier molecular flexibility index (Phi) is 2.87. The summed E-state index contributed by atoms with van der Waals surface area (Å²) in [6.07, 6.45) is 0.976. The van der Waals surface area contributed by atoms with Crippen molar-refractivity contribution in [3.8, 4) is 5.75 Å². The molecule has 1 atom stereocenters. The molecule has 1 heterocycles. The lowest BCUT2D eigenvalue weighted by Crippen LogP contribution is -2.36. The Morgan fingerprint density at radius 1 is 1.40 bits per heavy atom. The molecular weight excluding hydrogens is 192 g/mol. The van der Waals surface area contributed by atoms with Gasteiger partial charge in [0.1, 0.15) is 5.75 Å². The van der Waals surface area contributed by atoms with Gasteiger partial charge >= 0.3 is 0 Å². The number of nitrogens with one attached hydrogen (secondary N) is 2. The second kappa shape index (κ2) is 4.31. The maximum absolute atomic E-state index is 11.7. The van der Waals surface area contributed by atoms with Gasteiger partial charge in [0, 0.05) is 18.2 Å². The molecule has 1 aliphatic rings. The lowest BCUT2D eigenvalue weighted by molar-refractivity contribution is 0.0940. The van der Waals surface area contributed by atoms with Crippen LogP contribution in [0.2, 0.25) is 0 Å². The van der Waals surface area contributed by atoms with E-state index in [0.29, 0.717) is 5.56 Å². The van der Waals surface area contributed by atoms with Crippen LogP contribution in [0, 0.1) is 0 Å². The van der Waals surface area contributed by atoms with Crippen LogP contribution < -0.4 is 10.6 Å². The minimum atomic E-state index is -0.0799. The fraction of sp³-hybridized carbons (Fsp3) is 0.364. The van der Waals surface area contributed by atoms with E-state index < -0.39 is 0 Å². The van der Waals surface area contributed by atoms with Crippen molar-refractivity contribution in [2.75, 3.05) is 13.1 Å². The summed E-state index contributed by atoms with van der Waals surface area (Å²) in [5, 5.41) is 15.2. The summed E-state index contributed by atoms with van der Waals surface area (Å²) in [6, 6.07) is 6.50. The van der Waals surface area contributed by atoms with Crippen molar-refractivity contribution < 1.29 is 9.90 Å². The largest absolute Gasteiger partial charge is 0.508 e. The normalized spacial score (nSPS) is 20.1. The van der Waals surface area contributed by atoms with E-state index in [1.807, 2.05) is 0 Å². The standard InChI is InChI=1S/C11H14N2O2/c14-10-3-1-8(2-4-10)11(15)13-9-5-6-12-7-9/h1-4,9,12,14H,5-7H2,(H,13,15)/t9-/m0/s1. The highest BCUT2D eigenvalue weighted by Gasteiger charge is 2.17. The number of amides is 1. The minimum Gasteiger partial charge on any atom is -0.508 e. The SMILES string of the molecule is O=C(N[C@H]1CCNC1)c1ccc(O)cc1. The second-order valence-corrected chi connectivity index (χ2v) is 3.71. The first kappa shape index (κ1) is 9.98. The molecule has 1 aliphatic heterocycles. The maximum atomic E-state index is 11.7. The van der Waals surface area contributed by atoms with E-state index in [1.165, 1.54) is 12.1 Å². The van der Waals surface area contributed by atoms with E-state index in [-0.39, 0.29) is 17.7 Å². The van der Waals surface area contributed by atoms with E-state index in [1.54, 1.807) is 12.1 Å². The number of rotatable bonds is 2. The van der Waals surface area contributed by atoms with E-state index >= 15 is 0 Å². The number of carbonyl (C=O) groups is 1. The van der Waals surface area contributed by atoms with Crippen LogP contribution in [0.1, 0.15) is 16.8 Å². The van der Waals surface area contributed by atoms with Crippen LogP contribution in [-0.4, -0.2) is 30.1 Å². The zero-order valence-corrected chi connectivity index (χ0v) is 8.36. The average Bonchev–Trinajstić information content (AvgIpc) is 2.71. The molecule has 0 radical (unpaired) electrons. The minimum absolute atomic E-state index is 0.0799. The fourth-order valence-electron chi connectivity index (χ4n) is 1.66. The molecule has 0 spiro atoms. The van der Waals surface area contributed by atoms with Gasteiger partial charge in [-0.2, -0.15) is 0 Å². The Balaban J connectivity index is 1.98. The van der Waals surface area contributed by atoms with Gasteiger partial charge in [0.2, 0.25) is 0 Å². The lowest BCUT2D eigenvalue weighted by Gasteiger charge is -2.10. The summed E-state index contributed by atoms with van der Waals surface area (Å²) < 4.78 is 0. The molecular formula is C11H14N2O2. The second-order valence-electron chi connectivity index (χ2n) is 3.71. The first-order chi connectivity index (χ1) is 7.25. The Labute approximate surface area is 88.3 Å². The maximum Gasteiger partial charge on any atom is 0.251 e. The first-order valence-electron chi connectivity index (χ1n) is 5.06. The zero-order valence-electron chi connectivity index (χ0n) is 8.36. The van der Waals surface area contributed by atoms with E-state index in [4.69, 9.17) is 5.11 Å². The number of hydrogen-bond acceptors (Lipinski definition) is 3. The van der Waals surface area contributed by atoms with Crippen LogP contribution >= 0.6 is 0 Å². The molecule has 0 unspecified atom stereocenters. The van der Waals surface area contributed by atoms with E-state index in [9.17, 15) is 4.79 Å². The molecule has 2 rings (SSSR count). The molecule has 0 bridgehead atoms. The Morgan fingerprint density at radius 3 is 2.73 bits per heavy atom. The Hall–Kier alpha value is -1.55. The Morgan fingerprint density at radius 2 is 2.13 bits per heavy atom. The smallest absolute Gasteiger partial charge is 0.251 e.